The van der Waals surface area contributed by atoms with Crippen LogP contribution in [0.1, 0.15) is 12.0 Å². The van der Waals surface area contributed by atoms with Gasteiger partial charge < -0.3 is 5.32 Å². The number of benzene rings is 3. The minimum absolute atomic E-state index is 0.529. The van der Waals surface area contributed by atoms with Crippen molar-refractivity contribution in [2.24, 2.45) is 5.92 Å². The molecule has 1 N–H and O–H groups in total. The first-order chi connectivity index (χ1) is 12.4. The molecule has 1 unspecified atom stereocenters. The Kier molecular flexibility index (Phi) is 4.49. The van der Waals surface area contributed by atoms with Gasteiger partial charge in [0, 0.05) is 12.5 Å². The van der Waals surface area contributed by atoms with Gasteiger partial charge >= 0.3 is 0 Å². The third-order valence-electron chi connectivity index (χ3n) is 5.04. The van der Waals surface area contributed by atoms with Crippen molar-refractivity contribution in [3.63, 3.8) is 0 Å². The van der Waals surface area contributed by atoms with Crippen LogP contribution < -0.4 is 5.32 Å². The number of fused-ring (bicyclic) bond motifs is 1. The summed E-state index contributed by atoms with van der Waals surface area (Å²) in [6.07, 6.45) is 7.85. The van der Waals surface area contributed by atoms with Crippen molar-refractivity contribution < 1.29 is 0 Å². The van der Waals surface area contributed by atoms with Gasteiger partial charge in [0.05, 0.1) is 0 Å². The van der Waals surface area contributed by atoms with Crippen molar-refractivity contribution in [3.05, 3.63) is 90.5 Å². The number of nitrogens with one attached hydrogen (secondary N) is 1. The topological polar surface area (TPSA) is 12.0 Å². The normalized spacial score (nSPS) is 16.8. The van der Waals surface area contributed by atoms with Crippen molar-refractivity contribution in [3.8, 4) is 11.1 Å². The maximum atomic E-state index is 3.35. The Balaban J connectivity index is 1.90. The predicted molar refractivity (Wildman–Crippen MR) is 109 cm³/mol. The molecule has 0 aliphatic heterocycles. The zero-order valence-corrected chi connectivity index (χ0v) is 14.6. The predicted octanol–water partition coefficient (Wildman–Crippen LogP) is 5.69. The molecule has 0 aromatic heterocycles. The van der Waals surface area contributed by atoms with E-state index < -0.39 is 0 Å². The summed E-state index contributed by atoms with van der Waals surface area (Å²) >= 11 is 0. The van der Waals surface area contributed by atoms with Crippen LogP contribution in [0, 0.1) is 5.92 Å². The van der Waals surface area contributed by atoms with Crippen LogP contribution in [0.15, 0.2) is 85.0 Å². The smallest absolute Gasteiger partial charge is 0.00203 e. The van der Waals surface area contributed by atoms with E-state index in [9.17, 15) is 0 Å². The molecule has 0 bridgehead atoms. The summed E-state index contributed by atoms with van der Waals surface area (Å²) in [5, 5.41) is 6.01. The molecule has 1 atom stereocenters. The monoisotopic (exact) mass is 325 g/mol. The SMILES string of the molecule is CNCC1CC=CC=C1c1ccc(-c2ccccc2)c2ccccc12. The zero-order valence-electron chi connectivity index (χ0n) is 14.6. The molecular formula is C24H23N. The lowest BCUT2D eigenvalue weighted by Gasteiger charge is -2.23. The molecule has 0 saturated carbocycles. The molecule has 0 spiro atoms. The fourth-order valence-electron chi connectivity index (χ4n) is 3.85. The Labute approximate surface area is 149 Å². The number of hydrogen-bond acceptors (Lipinski definition) is 1. The molecule has 0 heterocycles. The summed E-state index contributed by atoms with van der Waals surface area (Å²) < 4.78 is 0. The van der Waals surface area contributed by atoms with E-state index in [0.29, 0.717) is 5.92 Å². The van der Waals surface area contributed by atoms with Crippen LogP contribution in [0.3, 0.4) is 0 Å². The molecule has 0 saturated heterocycles. The first kappa shape index (κ1) is 15.9. The van der Waals surface area contributed by atoms with E-state index in [2.05, 4.69) is 90.3 Å². The van der Waals surface area contributed by atoms with E-state index in [4.69, 9.17) is 0 Å². The lowest BCUT2D eigenvalue weighted by Crippen LogP contribution is -2.20. The summed E-state index contributed by atoms with van der Waals surface area (Å²) in [5.74, 6) is 0.529. The van der Waals surface area contributed by atoms with Gasteiger partial charge in [0.25, 0.3) is 0 Å². The van der Waals surface area contributed by atoms with Gasteiger partial charge in [-0.25, -0.2) is 0 Å². The molecule has 0 amide bonds. The number of allylic oxidation sites excluding steroid dienone is 3. The van der Waals surface area contributed by atoms with Gasteiger partial charge in [-0.05, 0) is 46.5 Å². The van der Waals surface area contributed by atoms with E-state index in [1.54, 1.807) is 0 Å². The molecule has 3 aromatic rings. The lowest BCUT2D eigenvalue weighted by atomic mass is 9.83. The highest BCUT2D eigenvalue weighted by Crippen LogP contribution is 2.37. The lowest BCUT2D eigenvalue weighted by molar-refractivity contribution is 0.617. The average Bonchev–Trinajstić information content (AvgIpc) is 2.69. The van der Waals surface area contributed by atoms with Gasteiger partial charge in [-0.15, -0.1) is 0 Å². The minimum Gasteiger partial charge on any atom is -0.319 e. The third kappa shape index (κ3) is 3.04. The third-order valence-corrected chi connectivity index (χ3v) is 5.04. The van der Waals surface area contributed by atoms with Crippen LogP contribution in [-0.2, 0) is 0 Å². The van der Waals surface area contributed by atoms with E-state index in [-0.39, 0.29) is 0 Å². The minimum atomic E-state index is 0.529. The Morgan fingerprint density at radius 3 is 2.28 bits per heavy atom. The fraction of sp³-hybridized carbons (Fsp3) is 0.167. The summed E-state index contributed by atoms with van der Waals surface area (Å²) in [6, 6.07) is 24.0. The van der Waals surface area contributed by atoms with Crippen LogP contribution in [-0.4, -0.2) is 13.6 Å². The first-order valence-electron chi connectivity index (χ1n) is 8.97. The molecule has 1 heteroatoms. The summed E-state index contributed by atoms with van der Waals surface area (Å²) in [6.45, 7) is 1.00. The quantitative estimate of drug-likeness (QED) is 0.650. The Bertz CT molecular complexity index is 935. The van der Waals surface area contributed by atoms with Crippen molar-refractivity contribution in [2.75, 3.05) is 13.6 Å². The van der Waals surface area contributed by atoms with Crippen LogP contribution in [0.4, 0.5) is 0 Å². The largest absolute Gasteiger partial charge is 0.319 e. The van der Waals surface area contributed by atoms with E-state index >= 15 is 0 Å². The van der Waals surface area contributed by atoms with Crippen LogP contribution in [0.25, 0.3) is 27.5 Å². The molecule has 4 rings (SSSR count). The first-order valence-corrected chi connectivity index (χ1v) is 8.97. The molecule has 1 aliphatic rings. The standard InChI is InChI=1S/C24H23N/c1-25-17-19-11-5-6-12-20(19)24-16-15-21(18-9-3-2-4-10-18)22-13-7-8-14-23(22)24/h2-10,12-16,19,25H,11,17H2,1H3. The fourth-order valence-corrected chi connectivity index (χ4v) is 3.85. The molecule has 1 nitrogen and oxygen atoms in total. The molecule has 25 heavy (non-hydrogen) atoms. The molecule has 3 aromatic carbocycles. The Morgan fingerprint density at radius 2 is 1.52 bits per heavy atom. The summed E-state index contributed by atoms with van der Waals surface area (Å²) in [5.41, 5.74) is 5.37. The Morgan fingerprint density at radius 1 is 0.840 bits per heavy atom. The highest BCUT2D eigenvalue weighted by atomic mass is 14.8. The highest BCUT2D eigenvalue weighted by molar-refractivity contribution is 6.03. The Hall–Kier alpha value is -2.64. The van der Waals surface area contributed by atoms with Crippen molar-refractivity contribution in [1.82, 2.24) is 5.32 Å². The second kappa shape index (κ2) is 7.08. The second-order valence-electron chi connectivity index (χ2n) is 6.61. The number of hydrogen-bond donors (Lipinski definition) is 1. The maximum Gasteiger partial charge on any atom is 0.00203 e. The van der Waals surface area contributed by atoms with Crippen LogP contribution in [0.2, 0.25) is 0 Å². The van der Waals surface area contributed by atoms with Crippen LogP contribution >= 0.6 is 0 Å². The van der Waals surface area contributed by atoms with Gasteiger partial charge in [-0.3, -0.25) is 0 Å². The number of rotatable bonds is 4. The molecular weight excluding hydrogens is 302 g/mol. The molecule has 0 fully saturated rings. The molecule has 124 valence electrons. The highest BCUT2D eigenvalue weighted by Gasteiger charge is 2.19. The van der Waals surface area contributed by atoms with E-state index in [1.165, 1.54) is 33.0 Å². The van der Waals surface area contributed by atoms with Gasteiger partial charge in [0.1, 0.15) is 0 Å². The van der Waals surface area contributed by atoms with Gasteiger partial charge in [-0.2, -0.15) is 0 Å². The summed E-state index contributed by atoms with van der Waals surface area (Å²) in [7, 11) is 2.03. The second-order valence-corrected chi connectivity index (χ2v) is 6.61. The van der Waals surface area contributed by atoms with Crippen molar-refractivity contribution in [2.45, 2.75) is 6.42 Å². The van der Waals surface area contributed by atoms with Crippen LogP contribution in [0.5, 0.6) is 0 Å². The molecule has 0 radical (unpaired) electrons. The zero-order chi connectivity index (χ0) is 17.1. The van der Waals surface area contributed by atoms with E-state index in [1.807, 2.05) is 7.05 Å². The van der Waals surface area contributed by atoms with Gasteiger partial charge in [0.2, 0.25) is 0 Å². The van der Waals surface area contributed by atoms with E-state index in [0.717, 1.165) is 13.0 Å². The van der Waals surface area contributed by atoms with Gasteiger partial charge in [-0.1, -0.05) is 85.0 Å². The summed E-state index contributed by atoms with van der Waals surface area (Å²) in [4.78, 5) is 0. The van der Waals surface area contributed by atoms with Gasteiger partial charge in [0.15, 0.2) is 0 Å². The van der Waals surface area contributed by atoms with Crippen molar-refractivity contribution in [1.29, 1.82) is 0 Å². The molecule has 1 aliphatic carbocycles. The average molecular weight is 325 g/mol. The maximum absolute atomic E-state index is 3.35. The van der Waals surface area contributed by atoms with Crippen molar-refractivity contribution >= 4 is 16.3 Å².